The minimum absolute atomic E-state index is 0.0432. The third-order valence-corrected chi connectivity index (χ3v) is 7.04. The van der Waals surface area contributed by atoms with Crippen LogP contribution in [0.2, 0.25) is 0 Å². The van der Waals surface area contributed by atoms with E-state index in [2.05, 4.69) is 25.7 Å². The highest BCUT2D eigenvalue weighted by Gasteiger charge is 2.31. The van der Waals surface area contributed by atoms with Crippen LogP contribution in [0.15, 0.2) is 48.8 Å². The third kappa shape index (κ3) is 7.86. The summed E-state index contributed by atoms with van der Waals surface area (Å²) in [5, 5.41) is 32.6. The molecule has 0 unspecified atom stereocenters. The molecule has 41 heavy (non-hydrogen) atoms. The van der Waals surface area contributed by atoms with E-state index in [9.17, 15) is 19.5 Å². The zero-order chi connectivity index (χ0) is 29.5. The molecule has 3 atom stereocenters. The molecule has 0 spiro atoms. The zero-order valence-corrected chi connectivity index (χ0v) is 23.3. The van der Waals surface area contributed by atoms with Gasteiger partial charge in [-0.2, -0.15) is 0 Å². The van der Waals surface area contributed by atoms with Crippen LogP contribution >= 0.6 is 0 Å². The topological polar surface area (TPSA) is 163 Å². The number of aromatic carboxylic acids is 1. The molecule has 0 saturated carbocycles. The highest BCUT2D eigenvalue weighted by atomic mass is 16.5. The van der Waals surface area contributed by atoms with Crippen molar-refractivity contribution < 1.29 is 29.3 Å². The maximum Gasteiger partial charge on any atom is 0.335 e. The number of rotatable bonds is 10. The Bertz CT molecular complexity index is 1350. The quantitative estimate of drug-likeness (QED) is 0.326. The summed E-state index contributed by atoms with van der Waals surface area (Å²) in [6.07, 6.45) is 1.08. The summed E-state index contributed by atoms with van der Waals surface area (Å²) in [6, 6.07) is 11.6. The van der Waals surface area contributed by atoms with Gasteiger partial charge in [0, 0.05) is 36.8 Å². The first-order chi connectivity index (χ1) is 19.6. The first kappa shape index (κ1) is 29.6. The third-order valence-electron chi connectivity index (χ3n) is 7.04. The second kappa shape index (κ2) is 13.3. The van der Waals surface area contributed by atoms with E-state index < -0.39 is 5.97 Å². The van der Waals surface area contributed by atoms with Crippen LogP contribution in [0.3, 0.4) is 0 Å². The van der Waals surface area contributed by atoms with Crippen molar-refractivity contribution in [1.29, 1.82) is 0 Å². The number of aliphatic hydroxyl groups is 1. The van der Waals surface area contributed by atoms with E-state index in [4.69, 9.17) is 9.84 Å². The number of benzene rings is 2. The number of carboxylic acids is 1. The molecule has 0 aliphatic carbocycles. The van der Waals surface area contributed by atoms with Crippen LogP contribution in [0.4, 0.5) is 5.69 Å². The molecule has 13 heteroatoms. The summed E-state index contributed by atoms with van der Waals surface area (Å²) in [4.78, 5) is 40.9. The molecule has 1 aliphatic rings. The van der Waals surface area contributed by atoms with Gasteiger partial charge in [-0.3, -0.25) is 14.5 Å². The number of nitrogens with zero attached hydrogens (tertiary/aromatic N) is 6. The number of ether oxygens (including phenoxy) is 1. The Morgan fingerprint density at radius 2 is 1.98 bits per heavy atom. The minimum Gasteiger partial charge on any atom is -0.488 e. The number of hydrogen-bond acceptors (Lipinski definition) is 9. The Hall–Kier alpha value is -4.36. The number of nitrogens with one attached hydrogen (secondary N) is 1. The first-order valence-electron chi connectivity index (χ1n) is 13.3. The lowest BCUT2D eigenvalue weighted by Gasteiger charge is -2.34. The van der Waals surface area contributed by atoms with E-state index >= 15 is 0 Å². The number of aliphatic hydroxyl groups excluding tert-OH is 1. The van der Waals surface area contributed by atoms with Crippen molar-refractivity contribution in [1.82, 2.24) is 30.0 Å². The van der Waals surface area contributed by atoms with Gasteiger partial charge in [-0.05, 0) is 60.3 Å². The van der Waals surface area contributed by atoms with Crippen LogP contribution in [0.5, 0.6) is 5.75 Å². The fraction of sp³-hybridized carbons (Fsp3) is 0.429. The van der Waals surface area contributed by atoms with E-state index in [1.807, 2.05) is 20.9 Å². The summed E-state index contributed by atoms with van der Waals surface area (Å²) in [5.74, 6) is -0.971. The second-order valence-corrected chi connectivity index (χ2v) is 10.5. The number of anilines is 1. The number of likely N-dealkylation sites (N-methyl/N-ethyl adjacent to an activating group) is 1. The van der Waals surface area contributed by atoms with E-state index in [1.54, 1.807) is 47.4 Å². The Morgan fingerprint density at radius 1 is 1.22 bits per heavy atom. The molecule has 13 nitrogen and oxygen atoms in total. The van der Waals surface area contributed by atoms with Gasteiger partial charge in [0.05, 0.1) is 24.6 Å². The van der Waals surface area contributed by atoms with Crippen molar-refractivity contribution in [2.75, 3.05) is 32.1 Å². The highest BCUT2D eigenvalue weighted by Crippen LogP contribution is 2.29. The molecule has 3 N–H and O–H groups in total. The molecule has 2 aromatic carbocycles. The van der Waals surface area contributed by atoms with Gasteiger partial charge in [-0.15, -0.1) is 5.10 Å². The van der Waals surface area contributed by atoms with Gasteiger partial charge in [0.2, 0.25) is 11.8 Å². The molecule has 0 bridgehead atoms. The fourth-order valence-corrected chi connectivity index (χ4v) is 4.76. The standard InChI is InChI=1S/C28H35N7O6/c1-18-12-35(19(2)16-36)27(38)11-22-10-23(30-26(37)15-34-17-29-31-32-34)8-9-24(22)41-25(18)14-33(3)13-20-4-6-21(7-5-20)28(39)40/h4-10,17-19,25,36H,11-16H2,1-3H3,(H,30,37)(H,39,40)/t18-,19-,25-/m1/s1. The van der Waals surface area contributed by atoms with Crippen LogP contribution in [0.25, 0.3) is 0 Å². The predicted molar refractivity (Wildman–Crippen MR) is 148 cm³/mol. The molecule has 1 aromatic heterocycles. The normalized spacial score (nSPS) is 18.1. The van der Waals surface area contributed by atoms with Gasteiger partial charge in [-0.25, -0.2) is 9.48 Å². The molecule has 1 aliphatic heterocycles. The van der Waals surface area contributed by atoms with Crippen molar-refractivity contribution >= 4 is 23.5 Å². The Morgan fingerprint density at radius 3 is 2.63 bits per heavy atom. The van der Waals surface area contributed by atoms with E-state index in [-0.39, 0.29) is 55.0 Å². The van der Waals surface area contributed by atoms with Crippen molar-refractivity contribution in [3.8, 4) is 5.75 Å². The average Bonchev–Trinajstić information content (AvgIpc) is 3.45. The maximum atomic E-state index is 13.4. The predicted octanol–water partition coefficient (Wildman–Crippen LogP) is 1.29. The van der Waals surface area contributed by atoms with Crippen LogP contribution in [0.1, 0.15) is 35.3 Å². The Balaban J connectivity index is 1.55. The lowest BCUT2D eigenvalue weighted by atomic mass is 10.0. The number of carboxylic acid groups (broad SMARTS) is 1. The molecular weight excluding hydrogens is 530 g/mol. The second-order valence-electron chi connectivity index (χ2n) is 10.5. The molecule has 0 fully saturated rings. The van der Waals surface area contributed by atoms with Gasteiger partial charge < -0.3 is 25.2 Å². The molecule has 3 aromatic rings. The van der Waals surface area contributed by atoms with Crippen molar-refractivity contribution in [3.63, 3.8) is 0 Å². The summed E-state index contributed by atoms with van der Waals surface area (Å²) in [5.41, 5.74) is 2.32. The van der Waals surface area contributed by atoms with E-state index in [1.165, 1.54) is 11.0 Å². The number of tetrazole rings is 1. The van der Waals surface area contributed by atoms with Crippen LogP contribution < -0.4 is 10.1 Å². The largest absolute Gasteiger partial charge is 0.488 e. The lowest BCUT2D eigenvalue weighted by Crippen LogP contribution is -2.47. The summed E-state index contributed by atoms with van der Waals surface area (Å²) < 4.78 is 7.84. The van der Waals surface area contributed by atoms with Crippen LogP contribution in [0, 0.1) is 5.92 Å². The summed E-state index contributed by atoms with van der Waals surface area (Å²) in [7, 11) is 1.96. The smallest absolute Gasteiger partial charge is 0.335 e. The van der Waals surface area contributed by atoms with E-state index in [0.29, 0.717) is 36.6 Å². The molecule has 2 amide bonds. The lowest BCUT2D eigenvalue weighted by molar-refractivity contribution is -0.134. The molecule has 2 heterocycles. The van der Waals surface area contributed by atoms with Gasteiger partial charge >= 0.3 is 5.97 Å². The number of carbonyl (C=O) groups is 3. The number of hydrogen-bond donors (Lipinski definition) is 3. The summed E-state index contributed by atoms with van der Waals surface area (Å²) >= 11 is 0. The monoisotopic (exact) mass is 565 g/mol. The minimum atomic E-state index is -0.970. The molecular formula is C28H35N7O6. The number of aromatic nitrogens is 4. The van der Waals surface area contributed by atoms with Crippen LogP contribution in [-0.2, 0) is 29.1 Å². The maximum absolute atomic E-state index is 13.4. The molecule has 0 radical (unpaired) electrons. The van der Waals surface area contributed by atoms with Gasteiger partial charge in [0.15, 0.2) is 0 Å². The molecule has 218 valence electrons. The average molecular weight is 566 g/mol. The summed E-state index contributed by atoms with van der Waals surface area (Å²) in [6.45, 7) is 5.09. The number of fused-ring (bicyclic) bond motifs is 1. The molecule has 4 rings (SSSR count). The Labute approximate surface area is 237 Å². The Kier molecular flexibility index (Phi) is 9.63. The van der Waals surface area contributed by atoms with Gasteiger partial charge in [0.1, 0.15) is 24.7 Å². The highest BCUT2D eigenvalue weighted by molar-refractivity contribution is 5.91. The van der Waals surface area contributed by atoms with Gasteiger partial charge in [-0.1, -0.05) is 19.1 Å². The fourth-order valence-electron chi connectivity index (χ4n) is 4.76. The van der Waals surface area contributed by atoms with Crippen molar-refractivity contribution in [2.45, 2.75) is 45.5 Å². The first-order valence-corrected chi connectivity index (χ1v) is 13.3. The number of amides is 2. The van der Waals surface area contributed by atoms with Crippen molar-refractivity contribution in [2.24, 2.45) is 5.92 Å². The van der Waals surface area contributed by atoms with Crippen LogP contribution in [-0.4, -0.2) is 96.9 Å². The van der Waals surface area contributed by atoms with E-state index in [0.717, 1.165) is 5.56 Å². The zero-order valence-electron chi connectivity index (χ0n) is 23.3. The number of carbonyl (C=O) groups excluding carboxylic acids is 2. The van der Waals surface area contributed by atoms with Crippen molar-refractivity contribution in [3.05, 3.63) is 65.5 Å². The SMILES string of the molecule is C[C@@H]1CN([C@H](C)CO)C(=O)Cc2cc(NC(=O)Cn3cnnn3)ccc2O[C@@H]1CN(C)Cc1ccc(C(=O)O)cc1. The van der Waals surface area contributed by atoms with Gasteiger partial charge in [0.25, 0.3) is 0 Å². The molecule has 0 saturated heterocycles.